The number of rotatable bonds is 3. The van der Waals surface area contributed by atoms with Crippen molar-refractivity contribution in [2.45, 2.75) is 6.92 Å². The molecule has 0 saturated heterocycles. The Kier molecular flexibility index (Phi) is 2.87. The summed E-state index contributed by atoms with van der Waals surface area (Å²) in [4.78, 5) is 5.25. The maximum absolute atomic E-state index is 5.60. The van der Waals surface area contributed by atoms with Crippen LogP contribution in [0, 0.1) is 6.92 Å². The zero-order valence-corrected chi connectivity index (χ0v) is 9.38. The third kappa shape index (κ3) is 2.27. The molecule has 0 radical (unpaired) electrons. The van der Waals surface area contributed by atoms with E-state index in [1.165, 1.54) is 11.3 Å². The first-order valence-corrected chi connectivity index (χ1v) is 5.34. The first kappa shape index (κ1) is 9.98. The van der Waals surface area contributed by atoms with Crippen LogP contribution in [-0.2, 0) is 0 Å². The molecular weight excluding hydrogens is 210 g/mol. The van der Waals surface area contributed by atoms with Gasteiger partial charge in [-0.05, 0) is 19.1 Å². The van der Waals surface area contributed by atoms with Crippen LogP contribution >= 0.6 is 11.3 Å². The Hall–Kier alpha value is -1.55. The van der Waals surface area contributed by atoms with E-state index < -0.39 is 0 Å². The molecule has 0 saturated carbocycles. The van der Waals surface area contributed by atoms with Gasteiger partial charge in [0, 0.05) is 11.1 Å². The highest BCUT2D eigenvalue weighted by Gasteiger charge is 2.06. The lowest BCUT2D eigenvalue weighted by Gasteiger charge is -2.06. The third-order valence-electron chi connectivity index (χ3n) is 1.87. The van der Waals surface area contributed by atoms with Gasteiger partial charge in [-0.3, -0.25) is 0 Å². The minimum absolute atomic E-state index is 0.636. The maximum atomic E-state index is 5.60. The Morgan fingerprint density at radius 2 is 1.93 bits per heavy atom. The fourth-order valence-corrected chi connectivity index (χ4v) is 1.80. The van der Waals surface area contributed by atoms with Gasteiger partial charge in [0.25, 0.3) is 5.19 Å². The summed E-state index contributed by atoms with van der Waals surface area (Å²) in [7, 11) is 1.62. The zero-order chi connectivity index (χ0) is 10.7. The zero-order valence-electron chi connectivity index (χ0n) is 8.56. The van der Waals surface area contributed by atoms with Crippen molar-refractivity contribution < 1.29 is 9.47 Å². The van der Waals surface area contributed by atoms with Gasteiger partial charge >= 0.3 is 0 Å². The van der Waals surface area contributed by atoms with Gasteiger partial charge in [-0.1, -0.05) is 23.5 Å². The molecule has 2 aromatic rings. The van der Waals surface area contributed by atoms with Crippen molar-refractivity contribution in [1.82, 2.24) is 4.98 Å². The smallest absolute Gasteiger partial charge is 0.279 e. The average Bonchev–Trinajstić information content (AvgIpc) is 2.65. The number of hydrogen-bond acceptors (Lipinski definition) is 4. The standard InChI is InChI=1S/C11H11NO2S/c1-8-7-12-11(15-8)14-10-6-4-3-5-9(10)13-2/h3-7H,1-2H3. The van der Waals surface area contributed by atoms with Gasteiger partial charge in [0.1, 0.15) is 0 Å². The molecule has 0 atom stereocenters. The largest absolute Gasteiger partial charge is 0.493 e. The second-order valence-corrected chi connectivity index (χ2v) is 4.19. The van der Waals surface area contributed by atoms with E-state index in [-0.39, 0.29) is 0 Å². The molecule has 78 valence electrons. The molecule has 0 amide bonds. The summed E-state index contributed by atoms with van der Waals surface area (Å²) in [5.41, 5.74) is 0. The van der Waals surface area contributed by atoms with Crippen molar-refractivity contribution in [1.29, 1.82) is 0 Å². The average molecular weight is 221 g/mol. The van der Waals surface area contributed by atoms with Crippen LogP contribution < -0.4 is 9.47 Å². The van der Waals surface area contributed by atoms with Crippen LogP contribution in [0.4, 0.5) is 0 Å². The number of aryl methyl sites for hydroxylation is 1. The van der Waals surface area contributed by atoms with E-state index in [2.05, 4.69) is 4.98 Å². The van der Waals surface area contributed by atoms with Crippen LogP contribution in [0.15, 0.2) is 30.5 Å². The van der Waals surface area contributed by atoms with Gasteiger partial charge in [-0.25, -0.2) is 4.98 Å². The van der Waals surface area contributed by atoms with E-state index in [1.807, 2.05) is 31.2 Å². The van der Waals surface area contributed by atoms with Gasteiger partial charge in [-0.2, -0.15) is 0 Å². The summed E-state index contributed by atoms with van der Waals surface area (Å²) < 4.78 is 10.8. The predicted octanol–water partition coefficient (Wildman–Crippen LogP) is 3.25. The highest BCUT2D eigenvalue weighted by Crippen LogP contribution is 2.32. The number of aromatic nitrogens is 1. The van der Waals surface area contributed by atoms with Gasteiger partial charge in [0.15, 0.2) is 11.5 Å². The Morgan fingerprint density at radius 1 is 1.20 bits per heavy atom. The number of thiazole rings is 1. The van der Waals surface area contributed by atoms with E-state index >= 15 is 0 Å². The van der Waals surface area contributed by atoms with Crippen molar-refractivity contribution in [2.75, 3.05) is 7.11 Å². The number of para-hydroxylation sites is 2. The molecule has 1 aromatic heterocycles. The molecule has 1 heterocycles. The molecule has 15 heavy (non-hydrogen) atoms. The van der Waals surface area contributed by atoms with Crippen LogP contribution in [-0.4, -0.2) is 12.1 Å². The van der Waals surface area contributed by atoms with Crippen LogP contribution in [0.2, 0.25) is 0 Å². The molecule has 0 bridgehead atoms. The SMILES string of the molecule is COc1ccccc1Oc1ncc(C)s1. The molecule has 4 heteroatoms. The lowest BCUT2D eigenvalue weighted by atomic mass is 10.3. The number of benzene rings is 1. The van der Waals surface area contributed by atoms with E-state index in [0.717, 1.165) is 4.88 Å². The lowest BCUT2D eigenvalue weighted by molar-refractivity contribution is 0.378. The lowest BCUT2D eigenvalue weighted by Crippen LogP contribution is -1.88. The molecule has 2 rings (SSSR count). The minimum atomic E-state index is 0.636. The van der Waals surface area contributed by atoms with E-state index in [1.54, 1.807) is 13.3 Å². The van der Waals surface area contributed by atoms with Gasteiger partial charge < -0.3 is 9.47 Å². The van der Waals surface area contributed by atoms with Crippen molar-refractivity contribution in [2.24, 2.45) is 0 Å². The van der Waals surface area contributed by atoms with E-state index in [9.17, 15) is 0 Å². The van der Waals surface area contributed by atoms with E-state index in [4.69, 9.17) is 9.47 Å². The molecule has 1 aromatic carbocycles. The Morgan fingerprint density at radius 3 is 2.53 bits per heavy atom. The summed E-state index contributed by atoms with van der Waals surface area (Å²) in [5, 5.41) is 0.636. The quantitative estimate of drug-likeness (QED) is 0.797. The molecule has 0 aliphatic carbocycles. The Bertz CT molecular complexity index is 453. The maximum Gasteiger partial charge on any atom is 0.279 e. The first-order chi connectivity index (χ1) is 7.29. The van der Waals surface area contributed by atoms with Crippen molar-refractivity contribution in [3.63, 3.8) is 0 Å². The Balaban J connectivity index is 2.23. The highest BCUT2D eigenvalue weighted by atomic mass is 32.1. The summed E-state index contributed by atoms with van der Waals surface area (Å²) in [6.07, 6.45) is 1.79. The van der Waals surface area contributed by atoms with Gasteiger partial charge in [0.2, 0.25) is 0 Å². The Labute approximate surface area is 92.3 Å². The van der Waals surface area contributed by atoms with Crippen LogP contribution in [0.5, 0.6) is 16.7 Å². The van der Waals surface area contributed by atoms with E-state index in [0.29, 0.717) is 16.7 Å². The third-order valence-corrected chi connectivity index (χ3v) is 2.66. The highest BCUT2D eigenvalue weighted by molar-refractivity contribution is 7.13. The van der Waals surface area contributed by atoms with Crippen molar-refractivity contribution in [3.05, 3.63) is 35.3 Å². The van der Waals surface area contributed by atoms with Crippen LogP contribution in [0.3, 0.4) is 0 Å². The predicted molar refractivity (Wildman–Crippen MR) is 59.9 cm³/mol. The second-order valence-electron chi connectivity index (χ2n) is 2.99. The molecule has 0 aliphatic heterocycles. The summed E-state index contributed by atoms with van der Waals surface area (Å²) >= 11 is 1.51. The summed E-state index contributed by atoms with van der Waals surface area (Å²) in [5.74, 6) is 1.40. The minimum Gasteiger partial charge on any atom is -0.493 e. The second kappa shape index (κ2) is 4.31. The fraction of sp³-hybridized carbons (Fsp3) is 0.182. The molecule has 0 fully saturated rings. The summed E-state index contributed by atoms with van der Waals surface area (Å²) in [6, 6.07) is 7.52. The molecule has 0 unspecified atom stereocenters. The van der Waals surface area contributed by atoms with Crippen molar-refractivity contribution >= 4 is 11.3 Å². The number of hydrogen-bond donors (Lipinski definition) is 0. The molecule has 3 nitrogen and oxygen atoms in total. The molecule has 0 N–H and O–H groups in total. The number of methoxy groups -OCH3 is 1. The number of nitrogens with zero attached hydrogens (tertiary/aromatic N) is 1. The monoisotopic (exact) mass is 221 g/mol. The molecule has 0 aliphatic rings. The van der Waals surface area contributed by atoms with Gasteiger partial charge in [0.05, 0.1) is 7.11 Å². The van der Waals surface area contributed by atoms with Crippen molar-refractivity contribution in [3.8, 4) is 16.7 Å². The van der Waals surface area contributed by atoms with Crippen LogP contribution in [0.1, 0.15) is 4.88 Å². The molecule has 0 spiro atoms. The molecular formula is C11H11NO2S. The van der Waals surface area contributed by atoms with Crippen LogP contribution in [0.25, 0.3) is 0 Å². The fourth-order valence-electron chi connectivity index (χ4n) is 1.18. The normalized spacial score (nSPS) is 10.0. The summed E-state index contributed by atoms with van der Waals surface area (Å²) in [6.45, 7) is 1.99. The van der Waals surface area contributed by atoms with Gasteiger partial charge in [-0.15, -0.1) is 0 Å². The topological polar surface area (TPSA) is 31.4 Å². The number of ether oxygens (including phenoxy) is 2. The first-order valence-electron chi connectivity index (χ1n) is 4.53.